The standard InChI is InChI=1S/C20H22N2O2S2/c1-13-12-15(14(2)25-13)17(23)9-10-19(24)21-11-5-8-20-22-16-6-3-4-7-18(16)26-20/h3-4,6-7,12H,5,8-11H2,1-2H3,(H,21,24). The fraction of sp³-hybridized carbons (Fsp3) is 0.350. The molecule has 0 saturated heterocycles. The molecule has 0 saturated carbocycles. The van der Waals surface area contributed by atoms with Crippen LogP contribution in [-0.4, -0.2) is 23.2 Å². The van der Waals surface area contributed by atoms with Gasteiger partial charge in [-0.25, -0.2) is 4.98 Å². The van der Waals surface area contributed by atoms with Crippen molar-refractivity contribution in [3.05, 3.63) is 50.7 Å². The van der Waals surface area contributed by atoms with Gasteiger partial charge in [0.05, 0.1) is 15.2 Å². The van der Waals surface area contributed by atoms with Crippen LogP contribution in [0.5, 0.6) is 0 Å². The Hall–Kier alpha value is -2.05. The van der Waals surface area contributed by atoms with E-state index in [-0.39, 0.29) is 24.5 Å². The minimum absolute atomic E-state index is 0.0523. The number of benzene rings is 1. The van der Waals surface area contributed by atoms with Gasteiger partial charge in [-0.2, -0.15) is 0 Å². The first-order valence-corrected chi connectivity index (χ1v) is 10.4. The second-order valence-electron chi connectivity index (χ2n) is 6.28. The molecule has 3 aromatic rings. The molecule has 6 heteroatoms. The van der Waals surface area contributed by atoms with E-state index in [0.29, 0.717) is 6.54 Å². The van der Waals surface area contributed by atoms with E-state index in [1.54, 1.807) is 22.7 Å². The van der Waals surface area contributed by atoms with Gasteiger partial charge in [0, 0.05) is 41.1 Å². The predicted molar refractivity (Wildman–Crippen MR) is 108 cm³/mol. The summed E-state index contributed by atoms with van der Waals surface area (Å²) in [5.74, 6) is -0.0104. The maximum Gasteiger partial charge on any atom is 0.220 e. The van der Waals surface area contributed by atoms with Crippen molar-refractivity contribution in [3.63, 3.8) is 0 Å². The first kappa shape index (κ1) is 18.7. The molecule has 0 fully saturated rings. The zero-order valence-corrected chi connectivity index (χ0v) is 16.6. The summed E-state index contributed by atoms with van der Waals surface area (Å²) in [7, 11) is 0. The average Bonchev–Trinajstić information content (AvgIpc) is 3.18. The largest absolute Gasteiger partial charge is 0.356 e. The SMILES string of the molecule is Cc1cc(C(=O)CCC(=O)NCCCc2nc3ccccc3s2)c(C)s1. The maximum absolute atomic E-state index is 12.2. The number of fused-ring (bicyclic) bond motifs is 1. The van der Waals surface area contributed by atoms with Gasteiger partial charge in [-0.1, -0.05) is 12.1 Å². The number of ketones is 1. The van der Waals surface area contributed by atoms with E-state index in [9.17, 15) is 9.59 Å². The number of nitrogens with one attached hydrogen (secondary N) is 1. The quantitative estimate of drug-likeness (QED) is 0.451. The van der Waals surface area contributed by atoms with Crippen LogP contribution in [0.25, 0.3) is 10.2 Å². The number of Topliss-reactive ketones (excluding diaryl/α,β-unsaturated/α-hetero) is 1. The topological polar surface area (TPSA) is 59.1 Å². The van der Waals surface area contributed by atoms with Gasteiger partial charge in [-0.15, -0.1) is 22.7 Å². The molecule has 0 spiro atoms. The fourth-order valence-corrected chi connectivity index (χ4v) is 4.80. The Morgan fingerprint density at radius 3 is 2.65 bits per heavy atom. The van der Waals surface area contributed by atoms with E-state index in [0.717, 1.165) is 38.7 Å². The highest BCUT2D eigenvalue weighted by molar-refractivity contribution is 7.18. The van der Waals surface area contributed by atoms with E-state index in [1.165, 1.54) is 4.70 Å². The van der Waals surface area contributed by atoms with Crippen molar-refractivity contribution < 1.29 is 9.59 Å². The Morgan fingerprint density at radius 1 is 1.12 bits per heavy atom. The third-order valence-electron chi connectivity index (χ3n) is 4.15. The van der Waals surface area contributed by atoms with Crippen LogP contribution >= 0.6 is 22.7 Å². The lowest BCUT2D eigenvalue weighted by atomic mass is 10.1. The summed E-state index contributed by atoms with van der Waals surface area (Å²) in [6, 6.07) is 10.0. The minimum Gasteiger partial charge on any atom is -0.356 e. The van der Waals surface area contributed by atoms with Crippen LogP contribution in [-0.2, 0) is 11.2 Å². The van der Waals surface area contributed by atoms with Crippen LogP contribution in [0.4, 0.5) is 0 Å². The minimum atomic E-state index is -0.0627. The summed E-state index contributed by atoms with van der Waals surface area (Å²) in [5.41, 5.74) is 1.80. The van der Waals surface area contributed by atoms with Crippen molar-refractivity contribution in [2.45, 2.75) is 39.5 Å². The molecule has 0 aliphatic rings. The third kappa shape index (κ3) is 4.77. The lowest BCUT2D eigenvalue weighted by molar-refractivity contribution is -0.121. The van der Waals surface area contributed by atoms with Crippen molar-refractivity contribution in [3.8, 4) is 0 Å². The van der Waals surface area contributed by atoms with Gasteiger partial charge in [-0.05, 0) is 38.5 Å². The number of hydrogen-bond donors (Lipinski definition) is 1. The molecule has 0 bridgehead atoms. The van der Waals surface area contributed by atoms with E-state index < -0.39 is 0 Å². The van der Waals surface area contributed by atoms with Crippen LogP contribution in [0.1, 0.15) is 44.4 Å². The molecule has 0 aliphatic heterocycles. The number of para-hydroxylation sites is 1. The van der Waals surface area contributed by atoms with Gasteiger partial charge in [0.2, 0.25) is 5.91 Å². The molecule has 2 heterocycles. The summed E-state index contributed by atoms with van der Waals surface area (Å²) in [6.45, 7) is 4.55. The number of carbonyl (C=O) groups is 2. The number of thiophene rings is 1. The Balaban J connectivity index is 1.37. The number of nitrogens with zero attached hydrogens (tertiary/aromatic N) is 1. The van der Waals surface area contributed by atoms with Crippen molar-refractivity contribution in [1.29, 1.82) is 0 Å². The highest BCUT2D eigenvalue weighted by atomic mass is 32.1. The van der Waals surface area contributed by atoms with Gasteiger partial charge < -0.3 is 5.32 Å². The Morgan fingerprint density at radius 2 is 1.92 bits per heavy atom. The molecule has 0 aliphatic carbocycles. The third-order valence-corrected chi connectivity index (χ3v) is 6.21. The molecule has 4 nitrogen and oxygen atoms in total. The maximum atomic E-state index is 12.2. The van der Waals surface area contributed by atoms with Gasteiger partial charge >= 0.3 is 0 Å². The summed E-state index contributed by atoms with van der Waals surface area (Å²) in [5, 5.41) is 4.00. The molecule has 1 amide bonds. The van der Waals surface area contributed by atoms with Gasteiger partial charge in [0.1, 0.15) is 0 Å². The van der Waals surface area contributed by atoms with Crippen molar-refractivity contribution in [2.24, 2.45) is 0 Å². The number of rotatable bonds is 8. The number of carbonyl (C=O) groups excluding carboxylic acids is 2. The molecule has 0 unspecified atom stereocenters. The number of aromatic nitrogens is 1. The molecule has 26 heavy (non-hydrogen) atoms. The van der Waals surface area contributed by atoms with Gasteiger partial charge in [0.25, 0.3) is 0 Å². The van der Waals surface area contributed by atoms with Gasteiger partial charge in [0.15, 0.2) is 5.78 Å². The highest BCUT2D eigenvalue weighted by Gasteiger charge is 2.13. The van der Waals surface area contributed by atoms with E-state index in [2.05, 4.69) is 16.4 Å². The molecule has 3 rings (SSSR count). The second-order valence-corrected chi connectivity index (χ2v) is 8.85. The number of thiazole rings is 1. The summed E-state index contributed by atoms with van der Waals surface area (Å²) >= 11 is 3.33. The van der Waals surface area contributed by atoms with Gasteiger partial charge in [-0.3, -0.25) is 9.59 Å². The first-order chi connectivity index (χ1) is 12.5. The monoisotopic (exact) mass is 386 g/mol. The summed E-state index contributed by atoms with van der Waals surface area (Å²) < 4.78 is 1.20. The molecule has 0 radical (unpaired) electrons. The molecule has 1 aromatic carbocycles. The van der Waals surface area contributed by atoms with Crippen LogP contribution < -0.4 is 5.32 Å². The zero-order chi connectivity index (χ0) is 18.5. The Labute approximate surface area is 161 Å². The Kier molecular flexibility index (Phi) is 6.16. The van der Waals surface area contributed by atoms with Crippen LogP contribution in [0.2, 0.25) is 0 Å². The lowest BCUT2D eigenvalue weighted by Crippen LogP contribution is -2.25. The molecule has 136 valence electrons. The van der Waals surface area contributed by atoms with Crippen LogP contribution in [0.3, 0.4) is 0 Å². The van der Waals surface area contributed by atoms with Crippen molar-refractivity contribution >= 4 is 44.6 Å². The predicted octanol–water partition coefficient (Wildman–Crippen LogP) is 4.69. The van der Waals surface area contributed by atoms with Crippen molar-refractivity contribution in [1.82, 2.24) is 10.3 Å². The average molecular weight is 387 g/mol. The van der Waals surface area contributed by atoms with Crippen molar-refractivity contribution in [2.75, 3.05) is 6.54 Å². The van der Waals surface area contributed by atoms with E-state index in [1.807, 2.05) is 38.1 Å². The summed E-state index contributed by atoms with van der Waals surface area (Å²) in [4.78, 5) is 30.9. The second kappa shape index (κ2) is 8.56. The van der Waals surface area contributed by atoms with E-state index >= 15 is 0 Å². The number of hydrogen-bond acceptors (Lipinski definition) is 5. The van der Waals surface area contributed by atoms with Crippen LogP contribution in [0.15, 0.2) is 30.3 Å². The molecule has 1 N–H and O–H groups in total. The Bertz CT molecular complexity index is 894. The smallest absolute Gasteiger partial charge is 0.220 e. The number of aryl methyl sites for hydroxylation is 3. The molecule has 2 aromatic heterocycles. The number of amides is 1. The van der Waals surface area contributed by atoms with E-state index in [4.69, 9.17) is 0 Å². The molecular formula is C20H22N2O2S2. The molecule has 0 atom stereocenters. The van der Waals surface area contributed by atoms with Crippen LogP contribution in [0, 0.1) is 13.8 Å². The lowest BCUT2D eigenvalue weighted by Gasteiger charge is -2.04. The molecular weight excluding hydrogens is 364 g/mol. The zero-order valence-electron chi connectivity index (χ0n) is 15.0. The fourth-order valence-electron chi connectivity index (χ4n) is 2.85. The summed E-state index contributed by atoms with van der Waals surface area (Å²) in [6.07, 6.45) is 2.21. The normalized spacial score (nSPS) is 11.0. The first-order valence-electron chi connectivity index (χ1n) is 8.74. The highest BCUT2D eigenvalue weighted by Crippen LogP contribution is 2.23.